The molecule has 0 saturated carbocycles. The average molecular weight is 734 g/mol. The molecule has 0 unspecified atom stereocenters. The number of nitrogens with two attached hydrogens (primary N) is 1. The number of nitrogens with zero attached hydrogens (tertiary/aromatic N) is 2. The number of hydrogen-bond acceptors (Lipinski definition) is 9. The number of aromatic amines is 1. The number of aromatic nitrogens is 1. The maximum absolute atomic E-state index is 12.5. The molecule has 48 heavy (non-hydrogen) atoms. The fraction of sp³-hybridized carbons (Fsp3) is 0. The van der Waals surface area contributed by atoms with Crippen molar-refractivity contribution in [1.82, 2.24) is 4.98 Å². The predicted octanol–water partition coefficient (Wildman–Crippen LogP) is 4.16. The Morgan fingerprint density at radius 1 is 0.875 bits per heavy atom. The van der Waals surface area contributed by atoms with Gasteiger partial charge in [0.2, 0.25) is 0 Å². The summed E-state index contributed by atoms with van der Waals surface area (Å²) in [6.45, 7) is 3.74. The van der Waals surface area contributed by atoms with Gasteiger partial charge >= 0.3 is 199 Å². The van der Waals surface area contributed by atoms with Crippen LogP contribution in [0.4, 0.5) is 0 Å². The number of allylic oxidation sites excluding steroid dienone is 6. The third-order valence-electron chi connectivity index (χ3n) is 7.24. The zero-order chi connectivity index (χ0) is 34.8. The molecule has 5 N–H and O–H groups in total. The van der Waals surface area contributed by atoms with Crippen LogP contribution in [0.2, 0.25) is 0 Å². The number of benzene rings is 2. The van der Waals surface area contributed by atoms with Crippen molar-refractivity contribution in [3.63, 3.8) is 0 Å². The Kier molecular flexibility index (Phi) is 9.71. The number of aliphatic imine (C=N–C) groups is 2. The molecule has 2 aliphatic heterocycles. The van der Waals surface area contributed by atoms with Gasteiger partial charge in [0, 0.05) is 22.4 Å². The first-order valence-electron chi connectivity index (χ1n) is 13.9. The van der Waals surface area contributed by atoms with E-state index in [1.54, 1.807) is 54.6 Å². The molecule has 0 spiro atoms. The second kappa shape index (κ2) is 13.6. The predicted molar refractivity (Wildman–Crippen MR) is 179 cm³/mol. The number of H-pyrrole nitrogens is 1. The van der Waals surface area contributed by atoms with Crippen LogP contribution in [-0.2, 0) is 38.1 Å². The molecule has 3 aromatic rings. The smallest absolute Gasteiger partial charge is 0.298 e. The quantitative estimate of drug-likeness (QED) is 0.0964. The molecule has 2 aliphatic rings. The van der Waals surface area contributed by atoms with Gasteiger partial charge < -0.3 is 5.73 Å². The third-order valence-corrected chi connectivity index (χ3v) is 9.86. The standard InChI is InChI=1S/C33H24N4O8S2.Zn/c1-3-27(34)32(25-9-5-20(17-38)14-21(25)18-39)28-12-6-22(36-28)15-23-7-13-30(37-23)33(29-11-4-19(2)35-29)26-10-8-24(46(40,41)42)16-31(26)47(43,44)45;/h2-18,37H,1,34H2,(H,40,41,42)(H,43,44,45);/b22-15?,32-27-,33-29-;. The fourth-order valence-electron chi connectivity index (χ4n) is 5.06. The van der Waals surface area contributed by atoms with Crippen molar-refractivity contribution in [1.29, 1.82) is 0 Å². The number of carbonyl (C=O) groups excluding carboxylic acids is 2. The van der Waals surface area contributed by atoms with E-state index in [4.69, 9.17) is 5.73 Å². The van der Waals surface area contributed by atoms with Crippen molar-refractivity contribution < 1.29 is 53.4 Å². The van der Waals surface area contributed by atoms with Crippen LogP contribution >= 0.6 is 0 Å². The van der Waals surface area contributed by atoms with Gasteiger partial charge in [0.15, 0.2) is 6.29 Å². The molecule has 12 nitrogen and oxygen atoms in total. The van der Waals surface area contributed by atoms with Gasteiger partial charge in [0.05, 0.1) is 0 Å². The molecule has 0 saturated heterocycles. The van der Waals surface area contributed by atoms with Gasteiger partial charge in [-0.05, 0) is 17.7 Å². The third kappa shape index (κ3) is 7.10. The van der Waals surface area contributed by atoms with Crippen molar-refractivity contribution >= 4 is 66.1 Å². The Morgan fingerprint density at radius 3 is 2.25 bits per heavy atom. The summed E-state index contributed by atoms with van der Waals surface area (Å²) in [5, 5.41) is 0. The molecule has 0 bridgehead atoms. The SMILES string of the molecule is C=C/C(N)=C(/C1=NC(=Cc2ccc(/C(=C3/C=CC([CH]=[Zn])=N3)c3ccc(S(=O)(=O)O)cc3S(=O)(=O)O)[nH]2)C=C1)c1ccc(C=O)cc1C=O. The fourth-order valence-corrected chi connectivity index (χ4v) is 6.84. The first-order chi connectivity index (χ1) is 22.8. The zero-order valence-electron chi connectivity index (χ0n) is 24.9. The summed E-state index contributed by atoms with van der Waals surface area (Å²) in [6.07, 6.45) is 11.2. The van der Waals surface area contributed by atoms with Crippen LogP contribution < -0.4 is 5.73 Å². The monoisotopic (exact) mass is 732 g/mol. The molecule has 0 aliphatic carbocycles. The van der Waals surface area contributed by atoms with Crippen molar-refractivity contribution in [2.45, 2.75) is 9.79 Å². The number of nitrogens with one attached hydrogen (secondary N) is 1. The summed E-state index contributed by atoms with van der Waals surface area (Å²) in [5.74, 6) is 0. The molecule has 0 fully saturated rings. The minimum absolute atomic E-state index is 0.0648. The summed E-state index contributed by atoms with van der Waals surface area (Å²) < 4.78 is 70.0. The van der Waals surface area contributed by atoms with Gasteiger partial charge in [-0.15, -0.1) is 0 Å². The Bertz CT molecular complexity index is 2380. The van der Waals surface area contributed by atoms with E-state index in [2.05, 4.69) is 21.5 Å². The Balaban J connectivity index is 1.61. The molecule has 3 heterocycles. The maximum atomic E-state index is 12.5. The van der Waals surface area contributed by atoms with Gasteiger partial charge in [-0.25, -0.2) is 0 Å². The average Bonchev–Trinajstić information content (AvgIpc) is 3.83. The van der Waals surface area contributed by atoms with Crippen LogP contribution in [0, 0.1) is 0 Å². The summed E-state index contributed by atoms with van der Waals surface area (Å²) >= 11 is 0.803. The molecule has 5 rings (SSSR count). The van der Waals surface area contributed by atoms with Crippen molar-refractivity contribution in [3.8, 4) is 0 Å². The molecular formula is C33H24N4O8S2Zn. The van der Waals surface area contributed by atoms with E-state index < -0.39 is 30.0 Å². The minimum atomic E-state index is -4.98. The summed E-state index contributed by atoms with van der Waals surface area (Å²) in [5.41, 5.74) is 11.0. The van der Waals surface area contributed by atoms with Crippen LogP contribution in [0.5, 0.6) is 0 Å². The van der Waals surface area contributed by atoms with E-state index in [-0.39, 0.29) is 22.4 Å². The van der Waals surface area contributed by atoms with Crippen LogP contribution in [0.3, 0.4) is 0 Å². The first kappa shape index (κ1) is 34.3. The number of aldehydes is 2. The number of hydrogen-bond donors (Lipinski definition) is 4. The van der Waals surface area contributed by atoms with Crippen LogP contribution in [0.25, 0.3) is 17.2 Å². The van der Waals surface area contributed by atoms with Crippen molar-refractivity contribution in [2.75, 3.05) is 0 Å². The molecular weight excluding hydrogens is 710 g/mol. The molecule has 2 aromatic carbocycles. The summed E-state index contributed by atoms with van der Waals surface area (Å²) in [6, 6.07) is 10.8. The van der Waals surface area contributed by atoms with Gasteiger partial charge in [0.1, 0.15) is 6.29 Å². The van der Waals surface area contributed by atoms with Crippen LogP contribution in [0.1, 0.15) is 43.2 Å². The second-order valence-electron chi connectivity index (χ2n) is 10.3. The van der Waals surface area contributed by atoms with Gasteiger partial charge in [-0.2, -0.15) is 0 Å². The Morgan fingerprint density at radius 2 is 1.62 bits per heavy atom. The van der Waals surface area contributed by atoms with E-state index in [9.17, 15) is 35.5 Å². The van der Waals surface area contributed by atoms with Crippen molar-refractivity contribution in [3.05, 3.63) is 136 Å². The molecule has 238 valence electrons. The number of rotatable bonds is 11. The summed E-state index contributed by atoms with van der Waals surface area (Å²) in [7, 11) is -9.78. The van der Waals surface area contributed by atoms with Crippen molar-refractivity contribution in [2.24, 2.45) is 15.7 Å². The zero-order valence-corrected chi connectivity index (χ0v) is 29.5. The molecule has 1 aromatic heterocycles. The Labute approximate surface area is 284 Å². The molecule has 15 heteroatoms. The first-order valence-corrected chi connectivity index (χ1v) is 18.4. The molecule has 0 atom stereocenters. The Hall–Kier alpha value is -5.05. The van der Waals surface area contributed by atoms with Gasteiger partial charge in [-0.3, -0.25) is 9.59 Å². The normalized spacial score (nSPS) is 16.8. The molecule has 0 radical (unpaired) electrons. The van der Waals surface area contributed by atoms with Crippen LogP contribution in [-0.4, -0.2) is 59.5 Å². The molecule has 0 amide bonds. The van der Waals surface area contributed by atoms with Crippen LogP contribution in [0.15, 0.2) is 122 Å². The van der Waals surface area contributed by atoms with E-state index >= 15 is 0 Å². The summed E-state index contributed by atoms with van der Waals surface area (Å²) in [4.78, 5) is 34.1. The van der Waals surface area contributed by atoms with Gasteiger partial charge in [0.25, 0.3) is 0 Å². The van der Waals surface area contributed by atoms with E-state index in [1.807, 2.05) is 4.61 Å². The minimum Gasteiger partial charge on any atom is -0.298 e. The van der Waals surface area contributed by atoms with E-state index in [0.29, 0.717) is 69.5 Å². The van der Waals surface area contributed by atoms with E-state index in [0.717, 1.165) is 23.9 Å². The topological polar surface area (TPSA) is 209 Å². The van der Waals surface area contributed by atoms with E-state index in [1.165, 1.54) is 18.2 Å². The number of carbonyl (C=O) groups is 2. The second-order valence-corrected chi connectivity index (χ2v) is 14.0. The van der Waals surface area contributed by atoms with Gasteiger partial charge in [-0.1, -0.05) is 18.7 Å².